The van der Waals surface area contributed by atoms with Crippen molar-refractivity contribution in [3.05, 3.63) is 84.2 Å². The summed E-state index contributed by atoms with van der Waals surface area (Å²) in [5.74, 6) is 1.31. The average molecular weight is 572 g/mol. The minimum absolute atomic E-state index is 0. The van der Waals surface area contributed by atoms with Crippen molar-refractivity contribution in [3.8, 4) is 5.69 Å². The highest BCUT2D eigenvalue weighted by Gasteiger charge is 2.29. The normalized spacial score (nSPS) is 15.8. The van der Waals surface area contributed by atoms with Gasteiger partial charge in [0.05, 0.1) is 12.2 Å². The Kier molecular flexibility index (Phi) is 9.93. The molecule has 0 saturated carbocycles. The second-order valence-electron chi connectivity index (χ2n) is 8.34. The van der Waals surface area contributed by atoms with Crippen LogP contribution in [0.4, 0.5) is 0 Å². The summed E-state index contributed by atoms with van der Waals surface area (Å²) in [6.07, 6.45) is 5.19. The number of halogens is 1. The predicted octanol–water partition coefficient (Wildman–Crippen LogP) is 3.64. The van der Waals surface area contributed by atoms with Crippen LogP contribution in [0.25, 0.3) is 5.69 Å². The summed E-state index contributed by atoms with van der Waals surface area (Å²) < 4.78 is 1.84. The number of amides is 1. The number of hydrogen-bond acceptors (Lipinski definition) is 3. The van der Waals surface area contributed by atoms with Gasteiger partial charge < -0.3 is 15.5 Å². The van der Waals surface area contributed by atoms with Gasteiger partial charge in [0, 0.05) is 50.9 Å². The zero-order valence-electron chi connectivity index (χ0n) is 19.6. The van der Waals surface area contributed by atoms with Gasteiger partial charge >= 0.3 is 0 Å². The lowest BCUT2D eigenvalue weighted by Gasteiger charge is -2.18. The minimum atomic E-state index is 0. The van der Waals surface area contributed by atoms with Crippen molar-refractivity contribution in [2.75, 3.05) is 26.2 Å². The molecular formula is C26H33IN6O. The maximum Gasteiger partial charge on any atom is 0.223 e. The number of nitrogens with zero attached hydrogens (tertiary/aromatic N) is 4. The van der Waals surface area contributed by atoms with E-state index in [2.05, 4.69) is 46.9 Å². The zero-order valence-corrected chi connectivity index (χ0v) is 21.9. The van der Waals surface area contributed by atoms with Crippen LogP contribution in [0.5, 0.6) is 0 Å². The number of benzene rings is 2. The zero-order chi connectivity index (χ0) is 22.9. The summed E-state index contributed by atoms with van der Waals surface area (Å²) >= 11 is 0. The first-order valence-corrected chi connectivity index (χ1v) is 11.6. The van der Waals surface area contributed by atoms with Crippen molar-refractivity contribution in [3.63, 3.8) is 0 Å². The molecule has 1 saturated heterocycles. The third kappa shape index (κ3) is 7.31. The molecule has 0 aliphatic carbocycles. The number of carbonyl (C=O) groups is 1. The quantitative estimate of drug-likeness (QED) is 0.234. The molecule has 1 aliphatic heterocycles. The molecule has 2 N–H and O–H groups in total. The number of likely N-dealkylation sites (tertiary alicyclic amines) is 1. The van der Waals surface area contributed by atoms with Gasteiger partial charge in [-0.2, -0.15) is 5.10 Å². The summed E-state index contributed by atoms with van der Waals surface area (Å²) in [6, 6.07) is 20.5. The molecule has 3 aromatic rings. The molecule has 1 aromatic heterocycles. The second kappa shape index (κ2) is 13.1. The monoisotopic (exact) mass is 572 g/mol. The molecule has 34 heavy (non-hydrogen) atoms. The van der Waals surface area contributed by atoms with Crippen molar-refractivity contribution in [2.45, 2.75) is 26.3 Å². The van der Waals surface area contributed by atoms with Crippen LogP contribution < -0.4 is 10.6 Å². The van der Waals surface area contributed by atoms with Crippen LogP contribution in [0.15, 0.2) is 78.0 Å². The Hall–Kier alpha value is -2.88. The lowest BCUT2D eigenvalue weighted by molar-refractivity contribution is -0.127. The van der Waals surface area contributed by atoms with Gasteiger partial charge in [-0.05, 0) is 42.7 Å². The topological polar surface area (TPSA) is 74.5 Å². The predicted molar refractivity (Wildman–Crippen MR) is 147 cm³/mol. The smallest absolute Gasteiger partial charge is 0.223 e. The van der Waals surface area contributed by atoms with E-state index in [9.17, 15) is 4.79 Å². The van der Waals surface area contributed by atoms with E-state index in [4.69, 9.17) is 4.99 Å². The van der Waals surface area contributed by atoms with Gasteiger partial charge in [-0.15, -0.1) is 24.0 Å². The highest BCUT2D eigenvalue weighted by molar-refractivity contribution is 14.0. The van der Waals surface area contributed by atoms with E-state index in [0.29, 0.717) is 18.9 Å². The average Bonchev–Trinajstić information content (AvgIpc) is 3.50. The minimum Gasteiger partial charge on any atom is -0.357 e. The van der Waals surface area contributed by atoms with E-state index in [1.54, 1.807) is 6.20 Å². The van der Waals surface area contributed by atoms with Crippen LogP contribution in [0.2, 0.25) is 0 Å². The Morgan fingerprint density at radius 3 is 2.68 bits per heavy atom. The maximum absolute atomic E-state index is 12.5. The van der Waals surface area contributed by atoms with E-state index in [1.807, 2.05) is 52.2 Å². The van der Waals surface area contributed by atoms with Crippen molar-refractivity contribution in [1.82, 2.24) is 25.3 Å². The Balaban J connectivity index is 0.00000324. The van der Waals surface area contributed by atoms with Crippen LogP contribution in [0, 0.1) is 5.92 Å². The lowest BCUT2D eigenvalue weighted by Crippen LogP contribution is -2.40. The Bertz CT molecular complexity index is 1050. The molecule has 1 atom stereocenters. The summed E-state index contributed by atoms with van der Waals surface area (Å²) in [5.41, 5.74) is 3.40. The van der Waals surface area contributed by atoms with Crippen molar-refractivity contribution in [2.24, 2.45) is 10.9 Å². The van der Waals surface area contributed by atoms with Gasteiger partial charge in [0.25, 0.3) is 0 Å². The summed E-state index contributed by atoms with van der Waals surface area (Å²) in [5, 5.41) is 11.0. The lowest BCUT2D eigenvalue weighted by atomic mass is 10.1. The van der Waals surface area contributed by atoms with Gasteiger partial charge in [-0.25, -0.2) is 9.67 Å². The van der Waals surface area contributed by atoms with E-state index >= 15 is 0 Å². The van der Waals surface area contributed by atoms with Crippen LogP contribution in [0.1, 0.15) is 24.5 Å². The number of guanidine groups is 1. The SMILES string of the molecule is CCNC(=NCc1cccc(-n2cccn2)c1)NCC1CC(=O)N(CCc2ccccc2)C1.I. The maximum atomic E-state index is 12.5. The Morgan fingerprint density at radius 2 is 1.91 bits per heavy atom. The first-order valence-electron chi connectivity index (χ1n) is 11.6. The van der Waals surface area contributed by atoms with Gasteiger partial charge in [0.2, 0.25) is 5.91 Å². The molecule has 2 aromatic carbocycles. The molecular weight excluding hydrogens is 539 g/mol. The summed E-state index contributed by atoms with van der Waals surface area (Å²) in [7, 11) is 0. The van der Waals surface area contributed by atoms with E-state index in [-0.39, 0.29) is 29.9 Å². The van der Waals surface area contributed by atoms with Crippen LogP contribution in [-0.4, -0.2) is 52.7 Å². The van der Waals surface area contributed by atoms with Crippen molar-refractivity contribution >= 4 is 35.8 Å². The van der Waals surface area contributed by atoms with Gasteiger partial charge in [-0.1, -0.05) is 42.5 Å². The van der Waals surface area contributed by atoms with Gasteiger partial charge in [0.15, 0.2) is 5.96 Å². The van der Waals surface area contributed by atoms with Crippen molar-refractivity contribution < 1.29 is 4.79 Å². The highest BCUT2D eigenvalue weighted by Crippen LogP contribution is 2.18. The van der Waals surface area contributed by atoms with Crippen LogP contribution in [0.3, 0.4) is 0 Å². The molecule has 8 heteroatoms. The molecule has 2 heterocycles. The number of rotatable bonds is 9. The molecule has 180 valence electrons. The van der Waals surface area contributed by atoms with Crippen LogP contribution in [-0.2, 0) is 17.8 Å². The number of aliphatic imine (C=N–C) groups is 1. The summed E-state index contributed by atoms with van der Waals surface area (Å²) in [6.45, 7) is 5.71. The third-order valence-corrected chi connectivity index (χ3v) is 5.81. The highest BCUT2D eigenvalue weighted by atomic mass is 127. The molecule has 1 unspecified atom stereocenters. The van der Waals surface area contributed by atoms with Gasteiger partial charge in [0.1, 0.15) is 0 Å². The molecule has 1 amide bonds. The van der Waals surface area contributed by atoms with E-state index < -0.39 is 0 Å². The fraction of sp³-hybridized carbons (Fsp3) is 0.346. The molecule has 0 radical (unpaired) electrons. The van der Waals surface area contributed by atoms with E-state index in [0.717, 1.165) is 49.8 Å². The Morgan fingerprint density at radius 1 is 1.09 bits per heavy atom. The summed E-state index contributed by atoms with van der Waals surface area (Å²) in [4.78, 5) is 19.2. The first-order chi connectivity index (χ1) is 16.2. The molecule has 4 rings (SSSR count). The molecule has 7 nitrogen and oxygen atoms in total. The fourth-order valence-electron chi connectivity index (χ4n) is 4.09. The first kappa shape index (κ1) is 25.7. The molecule has 0 spiro atoms. The fourth-order valence-corrected chi connectivity index (χ4v) is 4.09. The number of carbonyl (C=O) groups excluding carboxylic acids is 1. The number of aromatic nitrogens is 2. The molecule has 0 bridgehead atoms. The standard InChI is InChI=1S/C26H32N6O.HI/c1-2-27-26(28-18-22-10-6-11-24(16-22)32-14-7-13-30-32)29-19-23-17-25(33)31(20-23)15-12-21-8-4-3-5-9-21;/h3-11,13-14,16,23H,2,12,15,17-20H2,1H3,(H2,27,28,29);1H. The number of hydrogen-bond donors (Lipinski definition) is 2. The Labute approximate surface area is 218 Å². The third-order valence-electron chi connectivity index (χ3n) is 5.81. The molecule has 1 aliphatic rings. The van der Waals surface area contributed by atoms with E-state index in [1.165, 1.54) is 5.56 Å². The largest absolute Gasteiger partial charge is 0.357 e. The van der Waals surface area contributed by atoms with Crippen LogP contribution >= 0.6 is 24.0 Å². The van der Waals surface area contributed by atoms with Gasteiger partial charge in [-0.3, -0.25) is 4.79 Å². The van der Waals surface area contributed by atoms with Crippen molar-refractivity contribution in [1.29, 1.82) is 0 Å². The number of nitrogens with one attached hydrogen (secondary N) is 2. The molecule has 1 fully saturated rings. The second-order valence-corrected chi connectivity index (χ2v) is 8.34.